The van der Waals surface area contributed by atoms with E-state index in [1.807, 2.05) is 12.3 Å². The van der Waals surface area contributed by atoms with Gasteiger partial charge in [0.25, 0.3) is 5.91 Å². The number of thioether (sulfide) groups is 1. The molecule has 9 heteroatoms. The van der Waals surface area contributed by atoms with Gasteiger partial charge in [-0.2, -0.15) is 4.31 Å². The standard InChI is InChI=1S/C17H18BrN3O3S2/c1-25-16-7-4-12(11-19-16)20-17(22)14-10-13(5-6-15(14)18)26(23,24)21-8-2-3-9-21/h4-7,10-11H,2-3,8-9H2,1H3,(H,20,22). The number of anilines is 1. The Hall–Kier alpha value is -1.42. The minimum atomic E-state index is -3.58. The molecule has 1 aromatic carbocycles. The molecule has 1 amide bonds. The number of amides is 1. The normalized spacial score (nSPS) is 15.2. The summed E-state index contributed by atoms with van der Waals surface area (Å²) in [5.41, 5.74) is 0.812. The first kappa shape index (κ1) is 19.3. The van der Waals surface area contributed by atoms with E-state index in [9.17, 15) is 13.2 Å². The molecule has 6 nitrogen and oxygen atoms in total. The van der Waals surface area contributed by atoms with Gasteiger partial charge in [0.2, 0.25) is 10.0 Å². The van der Waals surface area contributed by atoms with E-state index >= 15 is 0 Å². The number of hydrogen-bond acceptors (Lipinski definition) is 5. The van der Waals surface area contributed by atoms with Gasteiger partial charge in [-0.05, 0) is 65.4 Å². The van der Waals surface area contributed by atoms with E-state index < -0.39 is 15.9 Å². The first-order chi connectivity index (χ1) is 12.4. The lowest BCUT2D eigenvalue weighted by Gasteiger charge is -2.16. The number of sulfonamides is 1. The molecule has 1 N–H and O–H groups in total. The second kappa shape index (κ2) is 8.08. The molecule has 0 aliphatic carbocycles. The van der Waals surface area contributed by atoms with Gasteiger partial charge in [-0.3, -0.25) is 4.79 Å². The molecule has 0 atom stereocenters. The number of nitrogens with zero attached hydrogens (tertiary/aromatic N) is 2. The Balaban J connectivity index is 1.85. The summed E-state index contributed by atoms with van der Waals surface area (Å²) < 4.78 is 27.4. The van der Waals surface area contributed by atoms with Gasteiger partial charge in [-0.25, -0.2) is 13.4 Å². The Bertz CT molecular complexity index is 911. The molecular weight excluding hydrogens is 438 g/mol. The average Bonchev–Trinajstić information content (AvgIpc) is 3.18. The van der Waals surface area contributed by atoms with Crippen LogP contribution < -0.4 is 5.32 Å². The first-order valence-corrected chi connectivity index (χ1v) is 11.5. The molecule has 1 saturated heterocycles. The predicted octanol–water partition coefficient (Wildman–Crippen LogP) is 3.60. The van der Waals surface area contributed by atoms with Gasteiger partial charge in [-0.15, -0.1) is 11.8 Å². The van der Waals surface area contributed by atoms with Gasteiger partial charge in [0.1, 0.15) is 0 Å². The lowest BCUT2D eigenvalue weighted by Crippen LogP contribution is -2.28. The summed E-state index contributed by atoms with van der Waals surface area (Å²) in [6.45, 7) is 1.04. The maximum absolute atomic E-state index is 12.7. The summed E-state index contributed by atoms with van der Waals surface area (Å²) in [6.07, 6.45) is 5.22. The van der Waals surface area contributed by atoms with Gasteiger partial charge in [0.15, 0.2) is 0 Å². The quantitative estimate of drug-likeness (QED) is 0.696. The fourth-order valence-electron chi connectivity index (χ4n) is 2.69. The molecule has 1 fully saturated rings. The van der Waals surface area contributed by atoms with Crippen molar-refractivity contribution >= 4 is 49.3 Å². The van der Waals surface area contributed by atoms with Crippen molar-refractivity contribution in [3.05, 3.63) is 46.6 Å². The monoisotopic (exact) mass is 455 g/mol. The first-order valence-electron chi connectivity index (χ1n) is 8.03. The summed E-state index contributed by atoms with van der Waals surface area (Å²) in [7, 11) is -3.58. The highest BCUT2D eigenvalue weighted by Crippen LogP contribution is 2.26. The lowest BCUT2D eigenvalue weighted by molar-refractivity contribution is 0.102. The van der Waals surface area contributed by atoms with Gasteiger partial charge in [0, 0.05) is 17.6 Å². The van der Waals surface area contributed by atoms with Crippen LogP contribution >= 0.6 is 27.7 Å². The van der Waals surface area contributed by atoms with Crippen LogP contribution in [0.15, 0.2) is 50.9 Å². The van der Waals surface area contributed by atoms with Crippen molar-refractivity contribution in [2.24, 2.45) is 0 Å². The van der Waals surface area contributed by atoms with Crippen molar-refractivity contribution in [1.29, 1.82) is 0 Å². The molecule has 0 unspecified atom stereocenters. The number of rotatable bonds is 5. The molecule has 26 heavy (non-hydrogen) atoms. The highest BCUT2D eigenvalue weighted by atomic mass is 79.9. The molecule has 2 aromatic rings. The van der Waals surface area contributed by atoms with Crippen LogP contribution in [0.1, 0.15) is 23.2 Å². The number of benzene rings is 1. The summed E-state index contributed by atoms with van der Waals surface area (Å²) in [5.74, 6) is -0.394. The molecule has 3 rings (SSSR count). The zero-order valence-electron chi connectivity index (χ0n) is 14.1. The summed E-state index contributed by atoms with van der Waals surface area (Å²) >= 11 is 4.84. The number of nitrogens with one attached hydrogen (secondary N) is 1. The smallest absolute Gasteiger partial charge is 0.256 e. The lowest BCUT2D eigenvalue weighted by atomic mass is 10.2. The van der Waals surface area contributed by atoms with Crippen molar-refractivity contribution in [3.63, 3.8) is 0 Å². The minimum absolute atomic E-state index is 0.128. The van der Waals surface area contributed by atoms with Crippen LogP contribution in [0.3, 0.4) is 0 Å². The molecule has 0 bridgehead atoms. The molecule has 138 valence electrons. The van der Waals surface area contributed by atoms with Crippen LogP contribution in [0.5, 0.6) is 0 Å². The van der Waals surface area contributed by atoms with Crippen molar-refractivity contribution in [2.45, 2.75) is 22.8 Å². The molecule has 1 aliphatic rings. The van der Waals surface area contributed by atoms with Crippen molar-refractivity contribution in [1.82, 2.24) is 9.29 Å². The van der Waals surface area contributed by atoms with Crippen LogP contribution in [0.25, 0.3) is 0 Å². The van der Waals surface area contributed by atoms with E-state index in [1.54, 1.807) is 18.3 Å². The fraction of sp³-hybridized carbons (Fsp3) is 0.294. The van der Waals surface area contributed by atoms with Crippen LogP contribution in [0.2, 0.25) is 0 Å². The number of halogens is 1. The van der Waals surface area contributed by atoms with Crippen LogP contribution in [-0.4, -0.2) is 43.0 Å². The number of carbonyl (C=O) groups is 1. The van der Waals surface area contributed by atoms with E-state index in [0.29, 0.717) is 23.2 Å². The summed E-state index contributed by atoms with van der Waals surface area (Å²) in [4.78, 5) is 16.9. The third kappa shape index (κ3) is 4.11. The number of pyridine rings is 1. The van der Waals surface area contributed by atoms with Crippen molar-refractivity contribution in [3.8, 4) is 0 Å². The maximum Gasteiger partial charge on any atom is 0.256 e. The molecular formula is C17H18BrN3O3S2. The maximum atomic E-state index is 12.7. The highest BCUT2D eigenvalue weighted by Gasteiger charge is 2.28. The zero-order chi connectivity index (χ0) is 18.7. The van der Waals surface area contributed by atoms with E-state index in [1.165, 1.54) is 28.2 Å². The van der Waals surface area contributed by atoms with Crippen LogP contribution in [-0.2, 0) is 10.0 Å². The average molecular weight is 456 g/mol. The van der Waals surface area contributed by atoms with Crippen LogP contribution in [0.4, 0.5) is 5.69 Å². The van der Waals surface area contributed by atoms with Gasteiger partial charge in [-0.1, -0.05) is 0 Å². The molecule has 1 aromatic heterocycles. The molecule has 0 radical (unpaired) electrons. The van der Waals surface area contributed by atoms with Crippen molar-refractivity contribution < 1.29 is 13.2 Å². The Kier molecular flexibility index (Phi) is 6.01. The minimum Gasteiger partial charge on any atom is -0.321 e. The van der Waals surface area contributed by atoms with Gasteiger partial charge in [0.05, 0.1) is 27.4 Å². The summed E-state index contributed by atoms with van der Waals surface area (Å²) in [6, 6.07) is 8.09. The Labute approximate surface area is 165 Å². The highest BCUT2D eigenvalue weighted by molar-refractivity contribution is 9.10. The second-order valence-corrected chi connectivity index (χ2v) is 9.42. The fourth-order valence-corrected chi connectivity index (χ4v) is 5.02. The SMILES string of the molecule is CSc1ccc(NC(=O)c2cc(S(=O)(=O)N3CCCC3)ccc2Br)cn1. The van der Waals surface area contributed by atoms with Crippen molar-refractivity contribution in [2.75, 3.05) is 24.7 Å². The molecule has 0 spiro atoms. The number of hydrogen-bond donors (Lipinski definition) is 1. The third-order valence-corrected chi connectivity index (χ3v) is 7.33. The molecule has 0 saturated carbocycles. The van der Waals surface area contributed by atoms with E-state index in [-0.39, 0.29) is 10.5 Å². The largest absolute Gasteiger partial charge is 0.321 e. The zero-order valence-corrected chi connectivity index (χ0v) is 17.3. The predicted molar refractivity (Wildman–Crippen MR) is 106 cm³/mol. The number of aromatic nitrogens is 1. The summed E-state index contributed by atoms with van der Waals surface area (Å²) in [5, 5.41) is 3.60. The van der Waals surface area contributed by atoms with Gasteiger partial charge < -0.3 is 5.32 Å². The van der Waals surface area contributed by atoms with E-state index in [2.05, 4.69) is 26.2 Å². The van der Waals surface area contributed by atoms with E-state index in [0.717, 1.165) is 17.9 Å². The van der Waals surface area contributed by atoms with Crippen LogP contribution in [0, 0.1) is 0 Å². The molecule has 1 aliphatic heterocycles. The topological polar surface area (TPSA) is 79.4 Å². The molecule has 2 heterocycles. The Morgan fingerprint density at radius 1 is 1.23 bits per heavy atom. The Morgan fingerprint density at radius 3 is 2.58 bits per heavy atom. The second-order valence-electron chi connectivity index (χ2n) is 5.80. The Morgan fingerprint density at radius 2 is 1.96 bits per heavy atom. The van der Waals surface area contributed by atoms with E-state index in [4.69, 9.17) is 0 Å². The third-order valence-electron chi connectivity index (χ3n) is 4.09. The van der Waals surface area contributed by atoms with Gasteiger partial charge >= 0.3 is 0 Å². The number of carbonyl (C=O) groups excluding carboxylic acids is 1.